The van der Waals surface area contributed by atoms with Gasteiger partial charge in [0.05, 0.1) is 12.2 Å². The summed E-state index contributed by atoms with van der Waals surface area (Å²) >= 11 is 0. The first-order chi connectivity index (χ1) is 6.53. The van der Waals surface area contributed by atoms with Crippen LogP contribution in [-0.2, 0) is 10.0 Å². The molecule has 0 amide bonds. The smallest absolute Gasteiger partial charge is 0.225 e. The van der Waals surface area contributed by atoms with Crippen LogP contribution in [-0.4, -0.2) is 31.9 Å². The second-order valence-corrected chi connectivity index (χ2v) is 5.41. The van der Waals surface area contributed by atoms with Gasteiger partial charge < -0.3 is 5.11 Å². The molecule has 1 saturated carbocycles. The Morgan fingerprint density at radius 1 is 1.50 bits per heavy atom. The van der Waals surface area contributed by atoms with Crippen molar-refractivity contribution in [3.05, 3.63) is 0 Å². The first kappa shape index (κ1) is 11.4. The maximum atomic E-state index is 11.1. The van der Waals surface area contributed by atoms with E-state index in [1.807, 2.05) is 0 Å². The molecule has 0 aromatic rings. The summed E-state index contributed by atoms with van der Waals surface area (Å²) in [5.41, 5.74) is 0. The molecule has 0 radical (unpaired) electrons. The Bertz CT molecular complexity index is 320. The van der Waals surface area contributed by atoms with Gasteiger partial charge in [-0.2, -0.15) is 5.26 Å². The highest BCUT2D eigenvalue weighted by Gasteiger charge is 2.23. The second kappa shape index (κ2) is 4.73. The first-order valence-electron chi connectivity index (χ1n) is 4.56. The van der Waals surface area contributed by atoms with Crippen LogP contribution in [0.25, 0.3) is 0 Å². The number of rotatable bonds is 4. The van der Waals surface area contributed by atoms with Crippen molar-refractivity contribution in [1.82, 2.24) is 4.72 Å². The summed E-state index contributed by atoms with van der Waals surface area (Å²) in [6.07, 6.45) is 1.94. The van der Waals surface area contributed by atoms with Crippen LogP contribution in [0.15, 0.2) is 0 Å². The minimum absolute atomic E-state index is 0.207. The van der Waals surface area contributed by atoms with Crippen LogP contribution in [0.3, 0.4) is 0 Å². The van der Waals surface area contributed by atoms with Crippen molar-refractivity contribution in [2.45, 2.75) is 25.4 Å². The predicted octanol–water partition coefficient (Wildman–Crippen LogP) is -0.410. The molecule has 1 fully saturated rings. The van der Waals surface area contributed by atoms with Gasteiger partial charge in [-0.05, 0) is 25.2 Å². The molecule has 80 valence electrons. The van der Waals surface area contributed by atoms with Crippen LogP contribution in [0.2, 0.25) is 0 Å². The van der Waals surface area contributed by atoms with Crippen molar-refractivity contribution in [3.8, 4) is 6.07 Å². The normalized spacial score (nSPS) is 27.4. The molecule has 0 aliphatic heterocycles. The van der Waals surface area contributed by atoms with E-state index < -0.39 is 15.8 Å². The fourth-order valence-electron chi connectivity index (χ4n) is 1.61. The molecule has 0 aromatic heterocycles. The molecule has 2 atom stereocenters. The highest BCUT2D eigenvalue weighted by atomic mass is 32.2. The topological polar surface area (TPSA) is 90.2 Å². The second-order valence-electron chi connectivity index (χ2n) is 3.60. The number of hydrogen-bond donors (Lipinski definition) is 2. The fourth-order valence-corrected chi connectivity index (χ4v) is 2.38. The lowest BCUT2D eigenvalue weighted by Crippen LogP contribution is -2.30. The molecule has 0 heterocycles. The van der Waals surface area contributed by atoms with E-state index in [-0.39, 0.29) is 12.0 Å². The Kier molecular flexibility index (Phi) is 3.86. The lowest BCUT2D eigenvalue weighted by Gasteiger charge is -2.09. The van der Waals surface area contributed by atoms with Gasteiger partial charge in [-0.15, -0.1) is 0 Å². The summed E-state index contributed by atoms with van der Waals surface area (Å²) in [5, 5.41) is 17.4. The zero-order valence-corrected chi connectivity index (χ0v) is 8.63. The van der Waals surface area contributed by atoms with Gasteiger partial charge in [-0.1, -0.05) is 0 Å². The van der Waals surface area contributed by atoms with Gasteiger partial charge in [-0.25, -0.2) is 13.1 Å². The third kappa shape index (κ3) is 3.62. The van der Waals surface area contributed by atoms with E-state index in [0.717, 1.165) is 12.8 Å². The van der Waals surface area contributed by atoms with Crippen molar-refractivity contribution in [2.75, 3.05) is 12.3 Å². The average molecular weight is 218 g/mol. The largest absolute Gasteiger partial charge is 0.393 e. The van der Waals surface area contributed by atoms with E-state index >= 15 is 0 Å². The summed E-state index contributed by atoms with van der Waals surface area (Å²) in [6.45, 7) is 0.334. The SMILES string of the molecule is N#CCS(=O)(=O)NCC1CCC(O)C1. The van der Waals surface area contributed by atoms with Gasteiger partial charge in [-0.3, -0.25) is 0 Å². The van der Waals surface area contributed by atoms with Gasteiger partial charge in [0.2, 0.25) is 10.0 Å². The Morgan fingerprint density at radius 2 is 2.21 bits per heavy atom. The lowest BCUT2D eigenvalue weighted by atomic mass is 10.1. The Labute approximate surface area is 83.8 Å². The number of aliphatic hydroxyl groups excluding tert-OH is 1. The standard InChI is InChI=1S/C8H14N2O3S/c9-3-4-14(12,13)10-6-7-1-2-8(11)5-7/h7-8,10-11H,1-2,4-6H2. The van der Waals surface area contributed by atoms with Gasteiger partial charge in [0.1, 0.15) is 0 Å². The number of sulfonamides is 1. The third-order valence-corrected chi connectivity index (χ3v) is 3.48. The number of nitrogens with one attached hydrogen (secondary N) is 1. The number of hydrogen-bond acceptors (Lipinski definition) is 4. The van der Waals surface area contributed by atoms with Crippen LogP contribution in [0.5, 0.6) is 0 Å². The molecule has 2 unspecified atom stereocenters. The highest BCUT2D eigenvalue weighted by Crippen LogP contribution is 2.24. The molecule has 0 aromatic carbocycles. The quantitative estimate of drug-likeness (QED) is 0.671. The van der Waals surface area contributed by atoms with Crippen LogP contribution < -0.4 is 4.72 Å². The molecular formula is C8H14N2O3S. The number of nitriles is 1. The van der Waals surface area contributed by atoms with Crippen molar-refractivity contribution in [3.63, 3.8) is 0 Å². The van der Waals surface area contributed by atoms with Crippen molar-refractivity contribution >= 4 is 10.0 Å². The maximum Gasteiger partial charge on any atom is 0.225 e. The van der Waals surface area contributed by atoms with Crippen LogP contribution in [0, 0.1) is 17.2 Å². The van der Waals surface area contributed by atoms with Gasteiger partial charge in [0, 0.05) is 6.54 Å². The molecular weight excluding hydrogens is 204 g/mol. The van der Waals surface area contributed by atoms with Gasteiger partial charge in [0.25, 0.3) is 0 Å². The van der Waals surface area contributed by atoms with Crippen LogP contribution in [0.1, 0.15) is 19.3 Å². The fraction of sp³-hybridized carbons (Fsp3) is 0.875. The molecule has 1 rings (SSSR count). The summed E-state index contributed by atoms with van der Waals surface area (Å²) in [6, 6.07) is 1.59. The first-order valence-corrected chi connectivity index (χ1v) is 6.21. The molecule has 0 spiro atoms. The molecule has 6 heteroatoms. The Morgan fingerprint density at radius 3 is 2.71 bits per heavy atom. The summed E-state index contributed by atoms with van der Waals surface area (Å²) in [5.74, 6) is -0.291. The monoisotopic (exact) mass is 218 g/mol. The highest BCUT2D eigenvalue weighted by molar-refractivity contribution is 7.89. The number of aliphatic hydroxyl groups is 1. The minimum Gasteiger partial charge on any atom is -0.393 e. The predicted molar refractivity (Wildman–Crippen MR) is 50.8 cm³/mol. The third-order valence-electron chi connectivity index (χ3n) is 2.36. The number of nitrogens with zero attached hydrogens (tertiary/aromatic N) is 1. The van der Waals surface area contributed by atoms with Gasteiger partial charge in [0.15, 0.2) is 5.75 Å². The molecule has 1 aliphatic rings. The van der Waals surface area contributed by atoms with E-state index in [1.54, 1.807) is 6.07 Å². The summed E-state index contributed by atoms with van der Waals surface area (Å²) in [7, 11) is -3.43. The average Bonchev–Trinajstić information content (AvgIpc) is 2.48. The molecule has 0 saturated heterocycles. The maximum absolute atomic E-state index is 11.1. The molecule has 14 heavy (non-hydrogen) atoms. The lowest BCUT2D eigenvalue weighted by molar-refractivity contribution is 0.178. The van der Waals surface area contributed by atoms with E-state index in [0.29, 0.717) is 13.0 Å². The van der Waals surface area contributed by atoms with E-state index in [1.165, 1.54) is 0 Å². The van der Waals surface area contributed by atoms with E-state index in [9.17, 15) is 13.5 Å². The van der Waals surface area contributed by atoms with Crippen molar-refractivity contribution in [2.24, 2.45) is 5.92 Å². The Hall–Kier alpha value is -0.640. The van der Waals surface area contributed by atoms with Crippen LogP contribution >= 0.6 is 0 Å². The van der Waals surface area contributed by atoms with Crippen LogP contribution in [0.4, 0.5) is 0 Å². The zero-order chi connectivity index (χ0) is 10.6. The molecule has 5 nitrogen and oxygen atoms in total. The van der Waals surface area contributed by atoms with E-state index in [4.69, 9.17) is 5.26 Å². The van der Waals surface area contributed by atoms with Crippen molar-refractivity contribution in [1.29, 1.82) is 5.26 Å². The molecule has 0 bridgehead atoms. The van der Waals surface area contributed by atoms with E-state index in [2.05, 4.69) is 4.72 Å². The summed E-state index contributed by atoms with van der Waals surface area (Å²) < 4.78 is 24.5. The summed E-state index contributed by atoms with van der Waals surface area (Å²) in [4.78, 5) is 0. The van der Waals surface area contributed by atoms with Gasteiger partial charge >= 0.3 is 0 Å². The molecule has 1 aliphatic carbocycles. The molecule has 2 N–H and O–H groups in total. The zero-order valence-electron chi connectivity index (χ0n) is 7.81. The minimum atomic E-state index is -3.43. The van der Waals surface area contributed by atoms with Crippen molar-refractivity contribution < 1.29 is 13.5 Å². The Balaban J connectivity index is 2.31.